The number of amides is 1. The van der Waals surface area contributed by atoms with Crippen LogP contribution in [-0.2, 0) is 20.7 Å². The van der Waals surface area contributed by atoms with Crippen LogP contribution in [0.2, 0.25) is 0 Å². The summed E-state index contributed by atoms with van der Waals surface area (Å²) in [6.07, 6.45) is 2.94. The third kappa shape index (κ3) is 5.63. The molecule has 4 nitrogen and oxygen atoms in total. The molecule has 0 saturated carbocycles. The molecule has 0 saturated heterocycles. The summed E-state index contributed by atoms with van der Waals surface area (Å²) in [5.41, 5.74) is 1.77. The molecule has 0 bridgehead atoms. The number of nitrogens with one attached hydrogen (secondary N) is 1. The third-order valence-corrected chi connectivity index (χ3v) is 2.89. The fraction of sp³-hybridized carbons (Fsp3) is 0.111. The molecule has 0 spiro atoms. The molecule has 1 N–H and O–H groups in total. The molecule has 0 fully saturated rings. The highest BCUT2D eigenvalue weighted by molar-refractivity contribution is 6.02. The van der Waals surface area contributed by atoms with Crippen molar-refractivity contribution in [1.29, 1.82) is 0 Å². The number of anilines is 1. The number of hydrogen-bond acceptors (Lipinski definition) is 3. The summed E-state index contributed by atoms with van der Waals surface area (Å²) in [6.45, 7) is 0.285. The van der Waals surface area contributed by atoms with Crippen molar-refractivity contribution in [3.63, 3.8) is 0 Å². The quantitative estimate of drug-likeness (QED) is 0.658. The van der Waals surface area contributed by atoms with Gasteiger partial charge in [-0.25, -0.2) is 4.79 Å². The highest BCUT2D eigenvalue weighted by Gasteiger charge is 2.01. The summed E-state index contributed by atoms with van der Waals surface area (Å²) in [4.78, 5) is 23.1. The SMILES string of the molecule is O=C(/C=C/C(=O)OCCc1ccccc1)Nc1ccccc1. The monoisotopic (exact) mass is 295 g/mol. The first-order valence-electron chi connectivity index (χ1n) is 6.99. The predicted octanol–water partition coefficient (Wildman–Crippen LogP) is 2.97. The smallest absolute Gasteiger partial charge is 0.330 e. The molecule has 22 heavy (non-hydrogen) atoms. The molecule has 2 rings (SSSR count). The Morgan fingerprint density at radius 3 is 2.23 bits per heavy atom. The lowest BCUT2D eigenvalue weighted by atomic mass is 10.2. The number of esters is 1. The summed E-state index contributed by atoms with van der Waals surface area (Å²) in [5.74, 6) is -0.898. The van der Waals surface area contributed by atoms with Crippen molar-refractivity contribution in [3.8, 4) is 0 Å². The van der Waals surface area contributed by atoms with E-state index in [4.69, 9.17) is 4.74 Å². The van der Waals surface area contributed by atoms with Crippen LogP contribution in [-0.4, -0.2) is 18.5 Å². The van der Waals surface area contributed by atoms with Crippen molar-refractivity contribution < 1.29 is 14.3 Å². The molecule has 1 amide bonds. The van der Waals surface area contributed by atoms with Crippen molar-refractivity contribution >= 4 is 17.6 Å². The third-order valence-electron chi connectivity index (χ3n) is 2.89. The van der Waals surface area contributed by atoms with Crippen LogP contribution < -0.4 is 5.32 Å². The Balaban J connectivity index is 1.71. The Kier molecular flexibility index (Phi) is 5.93. The molecule has 2 aromatic rings. The summed E-state index contributed by atoms with van der Waals surface area (Å²) >= 11 is 0. The van der Waals surface area contributed by atoms with Gasteiger partial charge in [0.05, 0.1) is 6.61 Å². The fourth-order valence-electron chi connectivity index (χ4n) is 1.81. The van der Waals surface area contributed by atoms with Crippen LogP contribution in [0.3, 0.4) is 0 Å². The van der Waals surface area contributed by atoms with Gasteiger partial charge in [0, 0.05) is 24.3 Å². The van der Waals surface area contributed by atoms with Gasteiger partial charge < -0.3 is 10.1 Å². The Bertz CT molecular complexity index is 636. The van der Waals surface area contributed by atoms with E-state index < -0.39 is 5.97 Å². The van der Waals surface area contributed by atoms with Gasteiger partial charge >= 0.3 is 5.97 Å². The molecule has 112 valence electrons. The highest BCUT2D eigenvalue weighted by atomic mass is 16.5. The topological polar surface area (TPSA) is 55.4 Å². The lowest BCUT2D eigenvalue weighted by Gasteiger charge is -2.02. The van der Waals surface area contributed by atoms with Gasteiger partial charge in [-0.2, -0.15) is 0 Å². The molecule has 0 atom stereocenters. The number of ether oxygens (including phenoxy) is 1. The van der Waals surface area contributed by atoms with Gasteiger partial charge in [0.15, 0.2) is 0 Å². The van der Waals surface area contributed by atoms with E-state index in [1.807, 2.05) is 48.5 Å². The molecule has 0 heterocycles. The maximum atomic E-state index is 11.6. The van der Waals surface area contributed by atoms with E-state index in [-0.39, 0.29) is 12.5 Å². The summed E-state index contributed by atoms with van der Waals surface area (Å²) in [5, 5.41) is 2.65. The number of benzene rings is 2. The Morgan fingerprint density at radius 1 is 0.909 bits per heavy atom. The number of hydrogen-bond donors (Lipinski definition) is 1. The van der Waals surface area contributed by atoms with Gasteiger partial charge in [-0.15, -0.1) is 0 Å². The lowest BCUT2D eigenvalue weighted by Crippen LogP contribution is -2.10. The van der Waals surface area contributed by atoms with Crippen LogP contribution in [0.1, 0.15) is 5.56 Å². The maximum Gasteiger partial charge on any atom is 0.330 e. The van der Waals surface area contributed by atoms with E-state index in [1.54, 1.807) is 12.1 Å². The van der Waals surface area contributed by atoms with Gasteiger partial charge in [0.2, 0.25) is 5.91 Å². The van der Waals surface area contributed by atoms with Gasteiger partial charge in [-0.05, 0) is 17.7 Å². The Hall–Kier alpha value is -2.88. The zero-order valence-electron chi connectivity index (χ0n) is 12.1. The second-order valence-electron chi connectivity index (χ2n) is 4.59. The molecule has 0 radical (unpaired) electrons. The highest BCUT2D eigenvalue weighted by Crippen LogP contribution is 2.04. The zero-order chi connectivity index (χ0) is 15.6. The van der Waals surface area contributed by atoms with E-state index in [1.165, 1.54) is 0 Å². The summed E-state index contributed by atoms with van der Waals surface area (Å²) < 4.78 is 5.04. The standard InChI is InChI=1S/C18H17NO3/c20-17(19-16-9-5-2-6-10-16)11-12-18(21)22-14-13-15-7-3-1-4-8-15/h1-12H,13-14H2,(H,19,20)/b12-11+. The second kappa shape index (κ2) is 8.42. The van der Waals surface area contributed by atoms with E-state index in [9.17, 15) is 9.59 Å². The molecular weight excluding hydrogens is 278 g/mol. The average Bonchev–Trinajstić information content (AvgIpc) is 2.55. The van der Waals surface area contributed by atoms with Crippen molar-refractivity contribution in [1.82, 2.24) is 0 Å². The maximum absolute atomic E-state index is 11.6. The minimum Gasteiger partial charge on any atom is -0.462 e. The largest absolute Gasteiger partial charge is 0.462 e. The van der Waals surface area contributed by atoms with Crippen LogP contribution in [0.15, 0.2) is 72.8 Å². The molecule has 2 aromatic carbocycles. The Morgan fingerprint density at radius 2 is 1.55 bits per heavy atom. The lowest BCUT2D eigenvalue weighted by molar-refractivity contribution is -0.137. The predicted molar refractivity (Wildman–Crippen MR) is 85.3 cm³/mol. The van der Waals surface area contributed by atoms with Gasteiger partial charge in [-0.1, -0.05) is 48.5 Å². The molecule has 0 unspecified atom stereocenters. The first-order chi connectivity index (χ1) is 10.7. The van der Waals surface area contributed by atoms with Crippen molar-refractivity contribution in [2.75, 3.05) is 11.9 Å². The number of para-hydroxylation sites is 1. The molecule has 0 aliphatic heterocycles. The van der Waals surface area contributed by atoms with E-state index in [0.717, 1.165) is 17.7 Å². The van der Waals surface area contributed by atoms with Crippen LogP contribution in [0.25, 0.3) is 0 Å². The number of carbonyl (C=O) groups is 2. The molecular formula is C18H17NO3. The number of rotatable bonds is 6. The molecule has 4 heteroatoms. The minimum absolute atomic E-state index is 0.285. The van der Waals surface area contributed by atoms with Crippen molar-refractivity contribution in [2.24, 2.45) is 0 Å². The second-order valence-corrected chi connectivity index (χ2v) is 4.59. The molecule has 0 aliphatic rings. The summed E-state index contributed by atoms with van der Waals surface area (Å²) in [6, 6.07) is 18.8. The van der Waals surface area contributed by atoms with Gasteiger partial charge in [0.1, 0.15) is 0 Å². The molecule has 0 aliphatic carbocycles. The molecule has 0 aromatic heterocycles. The fourth-order valence-corrected chi connectivity index (χ4v) is 1.81. The van der Waals surface area contributed by atoms with Gasteiger partial charge in [0.25, 0.3) is 0 Å². The first-order valence-corrected chi connectivity index (χ1v) is 6.99. The normalized spacial score (nSPS) is 10.4. The summed E-state index contributed by atoms with van der Waals surface area (Å²) in [7, 11) is 0. The van der Waals surface area contributed by atoms with Crippen LogP contribution in [0.4, 0.5) is 5.69 Å². The Labute approximate surface area is 129 Å². The van der Waals surface area contributed by atoms with E-state index >= 15 is 0 Å². The minimum atomic E-state index is -0.529. The van der Waals surface area contributed by atoms with Crippen LogP contribution >= 0.6 is 0 Å². The van der Waals surface area contributed by atoms with Crippen LogP contribution in [0.5, 0.6) is 0 Å². The zero-order valence-corrected chi connectivity index (χ0v) is 12.1. The van der Waals surface area contributed by atoms with E-state index in [0.29, 0.717) is 12.1 Å². The number of carbonyl (C=O) groups excluding carboxylic acids is 2. The van der Waals surface area contributed by atoms with E-state index in [2.05, 4.69) is 5.32 Å². The van der Waals surface area contributed by atoms with Crippen molar-refractivity contribution in [2.45, 2.75) is 6.42 Å². The van der Waals surface area contributed by atoms with Crippen LogP contribution in [0, 0.1) is 0 Å². The average molecular weight is 295 g/mol. The van der Waals surface area contributed by atoms with Crippen molar-refractivity contribution in [3.05, 3.63) is 78.4 Å². The van der Waals surface area contributed by atoms with Gasteiger partial charge in [-0.3, -0.25) is 4.79 Å². The first kappa shape index (κ1) is 15.5.